The fourth-order valence-corrected chi connectivity index (χ4v) is 4.19. The summed E-state index contributed by atoms with van der Waals surface area (Å²) in [5.41, 5.74) is 3.25. The summed E-state index contributed by atoms with van der Waals surface area (Å²) in [7, 11) is 0. The minimum Gasteiger partial charge on any atom is -0.264 e. The summed E-state index contributed by atoms with van der Waals surface area (Å²) in [5, 5.41) is 2.38. The lowest BCUT2D eigenvalue weighted by Crippen LogP contribution is -1.99. The maximum atomic E-state index is 4.92. The van der Waals surface area contributed by atoms with Crippen molar-refractivity contribution in [3.05, 3.63) is 108 Å². The Morgan fingerprint density at radius 2 is 1.63 bits per heavy atom. The van der Waals surface area contributed by atoms with Gasteiger partial charge in [0.25, 0.3) is 0 Å². The van der Waals surface area contributed by atoms with Gasteiger partial charge in [-0.05, 0) is 46.1 Å². The predicted octanol–water partition coefficient (Wildman–Crippen LogP) is 5.67. The minimum absolute atomic E-state index is 0. The number of rotatable bonds is 4. The molecule has 0 unspecified atom stereocenters. The average molecular weight is 431 g/mol. The molecule has 0 fully saturated rings. The van der Waals surface area contributed by atoms with Crippen LogP contribution in [0.15, 0.2) is 102 Å². The third-order valence-corrected chi connectivity index (χ3v) is 5.66. The van der Waals surface area contributed by atoms with E-state index in [1.54, 1.807) is 17.7 Å². The largest absolute Gasteiger partial charge is 0.264 e. The van der Waals surface area contributed by atoms with Gasteiger partial charge in [-0.1, -0.05) is 66.7 Å². The van der Waals surface area contributed by atoms with Crippen LogP contribution in [0.4, 0.5) is 0 Å². The molecular formula is C24H19ClN4S. The van der Waals surface area contributed by atoms with Gasteiger partial charge in [-0.3, -0.25) is 9.98 Å². The van der Waals surface area contributed by atoms with Crippen molar-refractivity contribution < 1.29 is 0 Å². The van der Waals surface area contributed by atoms with Crippen LogP contribution < -0.4 is 4.80 Å². The highest BCUT2D eigenvalue weighted by molar-refractivity contribution is 7.04. The Morgan fingerprint density at radius 3 is 2.47 bits per heavy atom. The van der Waals surface area contributed by atoms with E-state index in [1.165, 1.54) is 10.8 Å². The van der Waals surface area contributed by atoms with Gasteiger partial charge in [0, 0.05) is 18.0 Å². The van der Waals surface area contributed by atoms with Crippen molar-refractivity contribution in [3.8, 4) is 17.1 Å². The van der Waals surface area contributed by atoms with Crippen LogP contribution in [0.5, 0.6) is 0 Å². The second-order valence-corrected chi connectivity index (χ2v) is 7.56. The Morgan fingerprint density at radius 1 is 0.833 bits per heavy atom. The maximum Gasteiger partial charge on any atom is 0.223 e. The van der Waals surface area contributed by atoms with Crippen LogP contribution >= 0.6 is 23.9 Å². The number of para-hydroxylation sites is 1. The summed E-state index contributed by atoms with van der Waals surface area (Å²) >= 11 is 1.55. The first-order chi connectivity index (χ1) is 14.4. The summed E-state index contributed by atoms with van der Waals surface area (Å²) in [4.78, 5) is 14.6. The van der Waals surface area contributed by atoms with E-state index >= 15 is 0 Å². The fraction of sp³-hybridized carbons (Fsp3) is 0.0417. The van der Waals surface area contributed by atoms with Crippen molar-refractivity contribution in [2.24, 2.45) is 4.99 Å². The highest BCUT2D eigenvalue weighted by atomic mass is 35.5. The first-order valence-corrected chi connectivity index (χ1v) is 10.2. The van der Waals surface area contributed by atoms with Crippen LogP contribution in [0.3, 0.4) is 0 Å². The van der Waals surface area contributed by atoms with Crippen LogP contribution in [-0.2, 0) is 6.54 Å². The Hall–Kier alpha value is -3.28. The average Bonchev–Trinajstić information content (AvgIpc) is 3.23. The second-order valence-electron chi connectivity index (χ2n) is 6.64. The van der Waals surface area contributed by atoms with E-state index in [0.717, 1.165) is 27.4 Å². The SMILES string of the molecule is Cl.c1ccc(-n2s/c(=N\Cc3cccnc3)nc2-c2cccc3ccccc23)cc1. The molecule has 0 radical (unpaired) electrons. The highest BCUT2D eigenvalue weighted by Crippen LogP contribution is 2.29. The van der Waals surface area contributed by atoms with Gasteiger partial charge < -0.3 is 0 Å². The predicted molar refractivity (Wildman–Crippen MR) is 125 cm³/mol. The number of hydrogen-bond acceptors (Lipinski definition) is 4. The van der Waals surface area contributed by atoms with Gasteiger partial charge >= 0.3 is 0 Å². The van der Waals surface area contributed by atoms with Gasteiger partial charge in [0.2, 0.25) is 4.80 Å². The molecule has 3 aromatic carbocycles. The van der Waals surface area contributed by atoms with E-state index in [1.807, 2.05) is 36.5 Å². The molecule has 6 heteroatoms. The molecule has 4 nitrogen and oxygen atoms in total. The molecule has 0 amide bonds. The fourth-order valence-electron chi connectivity index (χ4n) is 3.32. The van der Waals surface area contributed by atoms with E-state index in [9.17, 15) is 0 Å². The summed E-state index contributed by atoms with van der Waals surface area (Å²) in [6.45, 7) is 0.561. The Balaban J connectivity index is 0.00000218. The van der Waals surface area contributed by atoms with Gasteiger partial charge in [0.15, 0.2) is 5.82 Å². The quantitative estimate of drug-likeness (QED) is 0.368. The van der Waals surface area contributed by atoms with Crippen molar-refractivity contribution in [1.82, 2.24) is 13.9 Å². The van der Waals surface area contributed by atoms with Gasteiger partial charge in [0.1, 0.15) is 0 Å². The van der Waals surface area contributed by atoms with Crippen LogP contribution in [0.2, 0.25) is 0 Å². The monoisotopic (exact) mass is 430 g/mol. The Bertz CT molecular complexity index is 1320. The van der Waals surface area contributed by atoms with Crippen molar-refractivity contribution in [2.75, 3.05) is 0 Å². The van der Waals surface area contributed by atoms with Crippen molar-refractivity contribution in [3.63, 3.8) is 0 Å². The standard InChI is InChI=1S/C24H18N4S.ClH/c1-2-11-20(12-3-1)28-23(22-14-6-10-19-9-4-5-13-21(19)22)27-24(29-28)26-17-18-8-7-15-25-16-18;/h1-16H,17H2;1H/b26-24-;. The molecule has 30 heavy (non-hydrogen) atoms. The summed E-state index contributed by atoms with van der Waals surface area (Å²) < 4.78 is 2.16. The molecule has 0 atom stereocenters. The summed E-state index contributed by atoms with van der Waals surface area (Å²) in [5.74, 6) is 0.905. The molecule has 0 N–H and O–H groups in total. The molecule has 2 aromatic heterocycles. The number of benzene rings is 3. The number of nitrogens with zero attached hydrogens (tertiary/aromatic N) is 4. The minimum atomic E-state index is 0. The zero-order chi connectivity index (χ0) is 19.5. The third kappa shape index (κ3) is 4.03. The van der Waals surface area contributed by atoms with Crippen LogP contribution in [0.25, 0.3) is 27.8 Å². The number of aromatic nitrogens is 3. The zero-order valence-electron chi connectivity index (χ0n) is 16.1. The molecular weight excluding hydrogens is 412 g/mol. The van der Waals surface area contributed by atoms with Gasteiger partial charge in [0.05, 0.1) is 12.2 Å². The number of hydrogen-bond donors (Lipinski definition) is 0. The molecule has 0 aliphatic heterocycles. The molecule has 0 bridgehead atoms. The van der Waals surface area contributed by atoms with Gasteiger partial charge in [-0.2, -0.15) is 4.98 Å². The molecule has 5 rings (SSSR count). The van der Waals surface area contributed by atoms with Crippen LogP contribution in [-0.4, -0.2) is 13.9 Å². The zero-order valence-corrected chi connectivity index (χ0v) is 17.7. The molecule has 0 spiro atoms. The smallest absolute Gasteiger partial charge is 0.223 e. The topological polar surface area (TPSA) is 43.1 Å². The maximum absolute atomic E-state index is 4.92. The van der Waals surface area contributed by atoms with Gasteiger partial charge in [-0.15, -0.1) is 12.4 Å². The normalized spacial score (nSPS) is 11.4. The lowest BCUT2D eigenvalue weighted by Gasteiger charge is -2.09. The molecule has 148 valence electrons. The first-order valence-electron chi connectivity index (χ1n) is 9.42. The number of pyridine rings is 1. The van der Waals surface area contributed by atoms with Crippen molar-refractivity contribution in [2.45, 2.75) is 6.54 Å². The van der Waals surface area contributed by atoms with E-state index < -0.39 is 0 Å². The number of halogens is 1. The van der Waals surface area contributed by atoms with E-state index in [0.29, 0.717) is 6.54 Å². The summed E-state index contributed by atoms with van der Waals surface area (Å²) in [6, 6.07) is 29.0. The second kappa shape index (κ2) is 9.03. The molecule has 0 saturated heterocycles. The number of fused-ring (bicyclic) bond motifs is 1. The molecule has 0 aliphatic carbocycles. The Labute approximate surface area is 184 Å². The van der Waals surface area contributed by atoms with Crippen LogP contribution in [0.1, 0.15) is 5.56 Å². The van der Waals surface area contributed by atoms with E-state index in [2.05, 4.69) is 63.5 Å². The lowest BCUT2D eigenvalue weighted by atomic mass is 10.0. The van der Waals surface area contributed by atoms with Gasteiger partial charge in [-0.25, -0.2) is 3.96 Å². The first kappa shape index (κ1) is 20.0. The van der Waals surface area contributed by atoms with E-state index in [-0.39, 0.29) is 12.4 Å². The lowest BCUT2D eigenvalue weighted by molar-refractivity contribution is 0.980. The Kier molecular flexibility index (Phi) is 6.02. The molecule has 0 saturated carbocycles. The molecule has 2 heterocycles. The van der Waals surface area contributed by atoms with Crippen molar-refractivity contribution in [1.29, 1.82) is 0 Å². The highest BCUT2D eigenvalue weighted by Gasteiger charge is 2.13. The summed E-state index contributed by atoms with van der Waals surface area (Å²) in [6.07, 6.45) is 3.61. The third-order valence-electron chi connectivity index (χ3n) is 4.71. The molecule has 5 aromatic rings. The van der Waals surface area contributed by atoms with Crippen molar-refractivity contribution >= 4 is 34.7 Å². The molecule has 0 aliphatic rings. The van der Waals surface area contributed by atoms with E-state index in [4.69, 9.17) is 9.98 Å². The van der Waals surface area contributed by atoms with Crippen LogP contribution in [0, 0.1) is 0 Å².